The van der Waals surface area contributed by atoms with Gasteiger partial charge in [-0.25, -0.2) is 10.4 Å². The van der Waals surface area contributed by atoms with Gasteiger partial charge in [0.15, 0.2) is 0 Å². The minimum atomic E-state index is 0.150. The van der Waals surface area contributed by atoms with Gasteiger partial charge in [0.05, 0.1) is 18.6 Å². The molecule has 0 spiro atoms. The summed E-state index contributed by atoms with van der Waals surface area (Å²) in [6, 6.07) is 3.26. The molecule has 2 rings (SSSR count). The van der Waals surface area contributed by atoms with Crippen molar-refractivity contribution < 1.29 is 4.42 Å². The molecule has 3 N–H and O–H groups in total. The molecule has 1 saturated heterocycles. The minimum Gasteiger partial charge on any atom is -0.472 e. The number of piperidine rings is 1. The molecule has 0 bridgehead atoms. The maximum atomic E-state index is 5.84. The van der Waals surface area contributed by atoms with Gasteiger partial charge >= 0.3 is 0 Å². The molecule has 17 heavy (non-hydrogen) atoms. The molecule has 3 unspecified atom stereocenters. The number of hydrogen-bond donors (Lipinski definition) is 2. The lowest BCUT2D eigenvalue weighted by atomic mass is 9.99. The predicted octanol–water partition coefficient (Wildman–Crippen LogP) is 2.05. The highest BCUT2D eigenvalue weighted by Gasteiger charge is 2.26. The van der Waals surface area contributed by atoms with Crippen molar-refractivity contribution in [1.82, 2.24) is 10.4 Å². The number of nitrogens with one attached hydrogen (secondary N) is 1. The van der Waals surface area contributed by atoms with Crippen LogP contribution in [-0.4, -0.2) is 23.6 Å². The second-order valence-corrected chi connectivity index (χ2v) is 5.01. The van der Waals surface area contributed by atoms with Crippen LogP contribution >= 0.6 is 0 Å². The first kappa shape index (κ1) is 12.6. The van der Waals surface area contributed by atoms with Gasteiger partial charge in [-0.1, -0.05) is 6.42 Å². The zero-order valence-corrected chi connectivity index (χ0v) is 10.7. The largest absolute Gasteiger partial charge is 0.472 e. The van der Waals surface area contributed by atoms with E-state index in [2.05, 4.69) is 24.3 Å². The third kappa shape index (κ3) is 2.89. The van der Waals surface area contributed by atoms with Crippen molar-refractivity contribution in [2.75, 3.05) is 6.54 Å². The van der Waals surface area contributed by atoms with E-state index in [1.54, 1.807) is 12.5 Å². The number of furan rings is 1. The summed E-state index contributed by atoms with van der Waals surface area (Å²) in [5.41, 5.74) is 10.5. The molecule has 1 aromatic heterocycles. The summed E-state index contributed by atoms with van der Waals surface area (Å²) >= 11 is 0. The van der Waals surface area contributed by atoms with Crippen molar-refractivity contribution in [2.24, 2.45) is 5.73 Å². The molecule has 3 atom stereocenters. The molecule has 0 saturated carbocycles. The molecule has 1 aliphatic rings. The monoisotopic (exact) mass is 237 g/mol. The fourth-order valence-corrected chi connectivity index (χ4v) is 2.59. The topological polar surface area (TPSA) is 54.4 Å². The molecule has 96 valence electrons. The normalized spacial score (nSPS) is 28.2. The summed E-state index contributed by atoms with van der Waals surface area (Å²) in [4.78, 5) is 0. The number of hydrazine groups is 1. The van der Waals surface area contributed by atoms with Crippen LogP contribution in [0.3, 0.4) is 0 Å². The molecule has 4 heteroatoms. The van der Waals surface area contributed by atoms with Crippen LogP contribution in [0.15, 0.2) is 23.0 Å². The first-order valence-corrected chi connectivity index (χ1v) is 6.49. The van der Waals surface area contributed by atoms with Crippen molar-refractivity contribution in [3.8, 4) is 0 Å². The van der Waals surface area contributed by atoms with Crippen LogP contribution in [0.25, 0.3) is 0 Å². The van der Waals surface area contributed by atoms with Crippen molar-refractivity contribution in [3.05, 3.63) is 24.2 Å². The predicted molar refractivity (Wildman–Crippen MR) is 68.3 cm³/mol. The highest BCUT2D eigenvalue weighted by atomic mass is 16.3. The second kappa shape index (κ2) is 5.67. The van der Waals surface area contributed by atoms with Gasteiger partial charge < -0.3 is 10.2 Å². The van der Waals surface area contributed by atoms with Crippen LogP contribution in [0.5, 0.6) is 0 Å². The standard InChI is InChI=1S/C13H23N3O/c1-10-4-3-5-11(2)16(10)15-13(8-14)12-6-7-17-9-12/h6-7,9-11,13,15H,3-5,8,14H2,1-2H3. The zero-order valence-electron chi connectivity index (χ0n) is 10.7. The molecule has 2 heterocycles. The zero-order chi connectivity index (χ0) is 12.3. The van der Waals surface area contributed by atoms with E-state index < -0.39 is 0 Å². The molecule has 1 aromatic rings. The van der Waals surface area contributed by atoms with Gasteiger partial charge in [0, 0.05) is 24.2 Å². The molecule has 1 fully saturated rings. The lowest BCUT2D eigenvalue weighted by Crippen LogP contribution is -2.54. The van der Waals surface area contributed by atoms with E-state index in [0.717, 1.165) is 5.56 Å². The summed E-state index contributed by atoms with van der Waals surface area (Å²) in [5.74, 6) is 0. The van der Waals surface area contributed by atoms with E-state index in [1.165, 1.54) is 19.3 Å². The number of nitrogens with zero attached hydrogens (tertiary/aromatic N) is 1. The van der Waals surface area contributed by atoms with E-state index >= 15 is 0 Å². The van der Waals surface area contributed by atoms with E-state index in [9.17, 15) is 0 Å². The SMILES string of the molecule is CC1CCCC(C)N1NC(CN)c1ccoc1. The van der Waals surface area contributed by atoms with Gasteiger partial charge in [-0.15, -0.1) is 0 Å². The number of hydrogen-bond acceptors (Lipinski definition) is 4. The average Bonchev–Trinajstić information content (AvgIpc) is 2.82. The Morgan fingerprint density at radius 1 is 1.47 bits per heavy atom. The van der Waals surface area contributed by atoms with Crippen LogP contribution in [0.1, 0.15) is 44.7 Å². The number of rotatable bonds is 4. The first-order valence-electron chi connectivity index (χ1n) is 6.49. The lowest BCUT2D eigenvalue weighted by Gasteiger charge is -2.41. The maximum absolute atomic E-state index is 5.84. The Kier molecular flexibility index (Phi) is 4.20. The Bertz CT molecular complexity index is 315. The second-order valence-electron chi connectivity index (χ2n) is 5.01. The van der Waals surface area contributed by atoms with Gasteiger partial charge in [-0.2, -0.15) is 0 Å². The number of nitrogens with two attached hydrogens (primary N) is 1. The Labute approximate surface area is 103 Å². The van der Waals surface area contributed by atoms with Gasteiger partial charge in [0.25, 0.3) is 0 Å². The summed E-state index contributed by atoms with van der Waals surface area (Å²) in [6.45, 7) is 5.12. The Morgan fingerprint density at radius 3 is 2.71 bits per heavy atom. The van der Waals surface area contributed by atoms with E-state index in [1.807, 2.05) is 6.07 Å². The lowest BCUT2D eigenvalue weighted by molar-refractivity contribution is 0.0303. The van der Waals surface area contributed by atoms with Gasteiger partial charge in [0.2, 0.25) is 0 Å². The molecule has 0 amide bonds. The molecule has 0 aromatic carbocycles. The maximum Gasteiger partial charge on any atom is 0.0951 e. The smallest absolute Gasteiger partial charge is 0.0951 e. The third-order valence-electron chi connectivity index (χ3n) is 3.68. The molecular formula is C13H23N3O. The van der Waals surface area contributed by atoms with Crippen LogP contribution in [0.4, 0.5) is 0 Å². The fourth-order valence-electron chi connectivity index (χ4n) is 2.59. The average molecular weight is 237 g/mol. The Balaban J connectivity index is 2.02. The summed E-state index contributed by atoms with van der Waals surface area (Å²) in [5, 5.41) is 2.36. The Hall–Kier alpha value is -0.840. The van der Waals surface area contributed by atoms with Gasteiger partial charge in [-0.05, 0) is 32.8 Å². The van der Waals surface area contributed by atoms with Crippen molar-refractivity contribution in [1.29, 1.82) is 0 Å². The van der Waals surface area contributed by atoms with E-state index in [0.29, 0.717) is 18.6 Å². The molecular weight excluding hydrogens is 214 g/mol. The minimum absolute atomic E-state index is 0.150. The first-order chi connectivity index (χ1) is 8.22. The van der Waals surface area contributed by atoms with E-state index in [-0.39, 0.29) is 6.04 Å². The van der Waals surface area contributed by atoms with Crippen LogP contribution < -0.4 is 11.2 Å². The van der Waals surface area contributed by atoms with Crippen LogP contribution in [0, 0.1) is 0 Å². The van der Waals surface area contributed by atoms with Crippen molar-refractivity contribution >= 4 is 0 Å². The van der Waals surface area contributed by atoms with Crippen LogP contribution in [0.2, 0.25) is 0 Å². The van der Waals surface area contributed by atoms with Gasteiger partial charge in [-0.3, -0.25) is 0 Å². The fraction of sp³-hybridized carbons (Fsp3) is 0.692. The molecule has 0 aliphatic carbocycles. The van der Waals surface area contributed by atoms with Crippen LogP contribution in [-0.2, 0) is 0 Å². The highest BCUT2D eigenvalue weighted by Crippen LogP contribution is 2.23. The van der Waals surface area contributed by atoms with Crippen molar-refractivity contribution in [3.63, 3.8) is 0 Å². The molecule has 1 aliphatic heterocycles. The Morgan fingerprint density at radius 2 is 2.18 bits per heavy atom. The van der Waals surface area contributed by atoms with Gasteiger partial charge in [0.1, 0.15) is 0 Å². The van der Waals surface area contributed by atoms with E-state index in [4.69, 9.17) is 10.2 Å². The molecule has 4 nitrogen and oxygen atoms in total. The third-order valence-corrected chi connectivity index (χ3v) is 3.68. The summed E-state index contributed by atoms with van der Waals surface area (Å²) in [6.07, 6.45) is 7.28. The highest BCUT2D eigenvalue weighted by molar-refractivity contribution is 5.11. The molecule has 0 radical (unpaired) electrons. The summed E-state index contributed by atoms with van der Waals surface area (Å²) in [7, 11) is 0. The quantitative estimate of drug-likeness (QED) is 0.841. The van der Waals surface area contributed by atoms with Crippen molar-refractivity contribution in [2.45, 2.75) is 51.2 Å². The summed E-state index contributed by atoms with van der Waals surface area (Å²) < 4.78 is 5.13.